The average Bonchev–Trinajstić information content (AvgIpc) is 2.36. The van der Waals surface area contributed by atoms with Crippen molar-refractivity contribution in [2.24, 2.45) is 5.92 Å². The average molecular weight is 168 g/mol. The Bertz CT molecular complexity index is 154. The highest BCUT2D eigenvalue weighted by atomic mass is 15.1. The fraction of sp³-hybridized carbons (Fsp3) is 0.800. The summed E-state index contributed by atoms with van der Waals surface area (Å²) in [6.45, 7) is 7.54. The van der Waals surface area contributed by atoms with Gasteiger partial charge in [-0.15, -0.1) is 0 Å². The Morgan fingerprint density at radius 1 is 1.67 bits per heavy atom. The third kappa shape index (κ3) is 2.95. The van der Waals surface area contributed by atoms with E-state index in [9.17, 15) is 0 Å². The number of hydrogen-bond donors (Lipinski definition) is 1. The van der Waals surface area contributed by atoms with Crippen LogP contribution in [0.4, 0.5) is 0 Å². The maximum atomic E-state index is 4.05. The van der Waals surface area contributed by atoms with Crippen molar-refractivity contribution >= 4 is 0 Å². The molecule has 1 rings (SSSR count). The predicted molar refractivity (Wildman–Crippen MR) is 53.3 cm³/mol. The second-order valence-corrected chi connectivity index (χ2v) is 3.90. The zero-order valence-corrected chi connectivity index (χ0v) is 8.27. The first-order chi connectivity index (χ1) is 5.72. The minimum atomic E-state index is 0.857. The van der Waals surface area contributed by atoms with Crippen molar-refractivity contribution in [1.82, 2.24) is 10.2 Å². The van der Waals surface area contributed by atoms with Gasteiger partial charge in [0.15, 0.2) is 0 Å². The Labute approximate surface area is 75.6 Å². The van der Waals surface area contributed by atoms with Crippen molar-refractivity contribution in [3.8, 4) is 0 Å². The van der Waals surface area contributed by atoms with E-state index >= 15 is 0 Å². The van der Waals surface area contributed by atoms with Crippen LogP contribution in [0.5, 0.6) is 0 Å². The van der Waals surface area contributed by atoms with Gasteiger partial charge in [0.1, 0.15) is 0 Å². The molecule has 0 aromatic rings. The molecular formula is C10H20N2. The molecule has 1 saturated heterocycles. The van der Waals surface area contributed by atoms with E-state index in [0.717, 1.165) is 12.5 Å². The molecule has 12 heavy (non-hydrogen) atoms. The van der Waals surface area contributed by atoms with Crippen LogP contribution in [0.15, 0.2) is 12.2 Å². The molecule has 1 N–H and O–H groups in total. The van der Waals surface area contributed by atoms with Gasteiger partial charge in [-0.2, -0.15) is 0 Å². The van der Waals surface area contributed by atoms with Gasteiger partial charge in [0.2, 0.25) is 0 Å². The van der Waals surface area contributed by atoms with Crippen molar-refractivity contribution in [2.75, 3.05) is 33.7 Å². The summed E-state index contributed by atoms with van der Waals surface area (Å²) < 4.78 is 0. The fourth-order valence-electron chi connectivity index (χ4n) is 1.92. The minimum absolute atomic E-state index is 0.857. The number of hydrogen-bond acceptors (Lipinski definition) is 2. The molecule has 0 saturated carbocycles. The molecule has 0 bridgehead atoms. The largest absolute Gasteiger partial charge is 0.316 e. The van der Waals surface area contributed by atoms with Gasteiger partial charge < -0.3 is 10.2 Å². The quantitative estimate of drug-likeness (QED) is 0.632. The molecule has 0 aromatic carbocycles. The molecule has 0 aliphatic carbocycles. The van der Waals surface area contributed by atoms with E-state index in [0.29, 0.717) is 0 Å². The van der Waals surface area contributed by atoms with Gasteiger partial charge in [-0.05, 0) is 39.4 Å². The second-order valence-electron chi connectivity index (χ2n) is 3.90. The van der Waals surface area contributed by atoms with Crippen molar-refractivity contribution in [2.45, 2.75) is 12.8 Å². The van der Waals surface area contributed by atoms with Crippen LogP contribution in [0, 0.1) is 5.92 Å². The Morgan fingerprint density at radius 3 is 2.92 bits per heavy atom. The van der Waals surface area contributed by atoms with Crippen molar-refractivity contribution in [1.29, 1.82) is 0 Å². The molecule has 2 heteroatoms. The molecule has 1 atom stereocenters. The second kappa shape index (κ2) is 4.63. The summed E-state index contributed by atoms with van der Waals surface area (Å²) in [5, 5.41) is 3.14. The van der Waals surface area contributed by atoms with Crippen LogP contribution in [-0.4, -0.2) is 38.6 Å². The van der Waals surface area contributed by atoms with E-state index in [4.69, 9.17) is 0 Å². The van der Waals surface area contributed by atoms with E-state index in [1.165, 1.54) is 31.5 Å². The van der Waals surface area contributed by atoms with E-state index in [-0.39, 0.29) is 0 Å². The Balaban J connectivity index is 2.18. The van der Waals surface area contributed by atoms with Gasteiger partial charge in [0.05, 0.1) is 0 Å². The Kier molecular flexibility index (Phi) is 3.76. The lowest BCUT2D eigenvalue weighted by atomic mass is 10.00. The zero-order chi connectivity index (χ0) is 8.97. The predicted octanol–water partition coefficient (Wildman–Crippen LogP) is 1.10. The minimum Gasteiger partial charge on any atom is -0.316 e. The highest BCUT2D eigenvalue weighted by Gasteiger charge is 2.19. The monoisotopic (exact) mass is 168 g/mol. The van der Waals surface area contributed by atoms with Gasteiger partial charge in [0, 0.05) is 13.1 Å². The summed E-state index contributed by atoms with van der Waals surface area (Å²) in [5.41, 5.74) is 1.35. The molecule has 1 aliphatic rings. The van der Waals surface area contributed by atoms with E-state index in [1.54, 1.807) is 0 Å². The first-order valence-corrected chi connectivity index (χ1v) is 4.72. The lowest BCUT2D eigenvalue weighted by Crippen LogP contribution is -2.16. The van der Waals surface area contributed by atoms with Crippen LogP contribution in [-0.2, 0) is 0 Å². The third-order valence-corrected chi connectivity index (χ3v) is 2.49. The van der Waals surface area contributed by atoms with Crippen LogP contribution < -0.4 is 5.32 Å². The van der Waals surface area contributed by atoms with E-state index < -0.39 is 0 Å². The molecule has 0 aromatic heterocycles. The van der Waals surface area contributed by atoms with Gasteiger partial charge in [-0.1, -0.05) is 12.2 Å². The SMILES string of the molecule is C=C(CNC)CC1CCN(C)C1. The van der Waals surface area contributed by atoms with Crippen LogP contribution in [0.1, 0.15) is 12.8 Å². The smallest absolute Gasteiger partial charge is 0.0159 e. The molecule has 1 fully saturated rings. The maximum absolute atomic E-state index is 4.05. The van der Waals surface area contributed by atoms with Crippen LogP contribution in [0.2, 0.25) is 0 Å². The van der Waals surface area contributed by atoms with Crippen molar-refractivity contribution in [3.63, 3.8) is 0 Å². The summed E-state index contributed by atoms with van der Waals surface area (Å²) >= 11 is 0. The number of likely N-dealkylation sites (tertiary alicyclic amines) is 1. The standard InChI is InChI=1S/C10H20N2/c1-9(7-11-2)6-10-4-5-12(3)8-10/h10-11H,1,4-8H2,2-3H3. The molecule has 1 unspecified atom stereocenters. The lowest BCUT2D eigenvalue weighted by Gasteiger charge is -2.11. The molecular weight excluding hydrogens is 148 g/mol. The van der Waals surface area contributed by atoms with Crippen molar-refractivity contribution in [3.05, 3.63) is 12.2 Å². The third-order valence-electron chi connectivity index (χ3n) is 2.49. The zero-order valence-electron chi connectivity index (χ0n) is 8.27. The van der Waals surface area contributed by atoms with Gasteiger partial charge in [-0.3, -0.25) is 0 Å². The van der Waals surface area contributed by atoms with Crippen LogP contribution in [0.3, 0.4) is 0 Å². The summed E-state index contributed by atoms with van der Waals surface area (Å²) in [6.07, 6.45) is 2.55. The molecule has 0 radical (unpaired) electrons. The number of nitrogens with zero attached hydrogens (tertiary/aromatic N) is 1. The van der Waals surface area contributed by atoms with Crippen LogP contribution in [0.25, 0.3) is 0 Å². The molecule has 1 heterocycles. The summed E-state index contributed by atoms with van der Waals surface area (Å²) in [6, 6.07) is 0. The molecule has 70 valence electrons. The normalized spacial score (nSPS) is 24.7. The van der Waals surface area contributed by atoms with Crippen molar-refractivity contribution < 1.29 is 0 Å². The van der Waals surface area contributed by atoms with E-state index in [1.807, 2.05) is 7.05 Å². The van der Waals surface area contributed by atoms with E-state index in [2.05, 4.69) is 23.8 Å². The van der Waals surface area contributed by atoms with Crippen LogP contribution >= 0.6 is 0 Å². The lowest BCUT2D eigenvalue weighted by molar-refractivity contribution is 0.393. The number of rotatable bonds is 4. The fourth-order valence-corrected chi connectivity index (χ4v) is 1.92. The summed E-state index contributed by atoms with van der Waals surface area (Å²) in [7, 11) is 4.17. The topological polar surface area (TPSA) is 15.3 Å². The first-order valence-electron chi connectivity index (χ1n) is 4.72. The Hall–Kier alpha value is -0.340. The van der Waals surface area contributed by atoms with Gasteiger partial charge in [0.25, 0.3) is 0 Å². The molecule has 2 nitrogen and oxygen atoms in total. The number of nitrogens with one attached hydrogen (secondary N) is 1. The maximum Gasteiger partial charge on any atom is 0.0159 e. The number of likely N-dealkylation sites (N-methyl/N-ethyl adjacent to an activating group) is 1. The molecule has 0 spiro atoms. The highest BCUT2D eigenvalue weighted by Crippen LogP contribution is 2.20. The first kappa shape index (κ1) is 9.75. The Morgan fingerprint density at radius 2 is 2.42 bits per heavy atom. The van der Waals surface area contributed by atoms with Gasteiger partial charge in [-0.25, -0.2) is 0 Å². The highest BCUT2D eigenvalue weighted by molar-refractivity contribution is 4.99. The summed E-state index contributed by atoms with van der Waals surface area (Å²) in [5.74, 6) is 0.857. The van der Waals surface area contributed by atoms with Gasteiger partial charge >= 0.3 is 0 Å². The molecule has 0 amide bonds. The molecule has 1 aliphatic heterocycles. The summed E-state index contributed by atoms with van der Waals surface area (Å²) in [4.78, 5) is 2.40.